The molecule has 0 aliphatic rings. The maximum absolute atomic E-state index is 13.4. The SMILES string of the molecule is COc1ccc(Cl)cc1NC(=O)c1c(C)c(-c2ccccc2)nc2ccccc12. The molecule has 0 spiro atoms. The number of nitrogens with zero attached hydrogens (tertiary/aromatic N) is 1. The van der Waals surface area contributed by atoms with Gasteiger partial charge >= 0.3 is 0 Å². The van der Waals surface area contributed by atoms with Crippen molar-refractivity contribution in [3.63, 3.8) is 0 Å². The van der Waals surface area contributed by atoms with Crippen LogP contribution in [0.3, 0.4) is 0 Å². The molecule has 5 heteroatoms. The van der Waals surface area contributed by atoms with E-state index in [1.165, 1.54) is 0 Å². The van der Waals surface area contributed by atoms with Gasteiger partial charge in [0.25, 0.3) is 5.91 Å². The van der Waals surface area contributed by atoms with Gasteiger partial charge in [-0.1, -0.05) is 60.1 Å². The third-order valence-corrected chi connectivity index (χ3v) is 5.05. The van der Waals surface area contributed by atoms with Crippen LogP contribution < -0.4 is 10.1 Å². The molecule has 0 saturated carbocycles. The molecule has 3 aromatic carbocycles. The van der Waals surface area contributed by atoms with E-state index in [2.05, 4.69) is 5.32 Å². The van der Waals surface area contributed by atoms with Gasteiger partial charge in [0.15, 0.2) is 0 Å². The average Bonchev–Trinajstić information content (AvgIpc) is 2.74. The van der Waals surface area contributed by atoms with E-state index in [0.717, 1.165) is 27.7 Å². The highest BCUT2D eigenvalue weighted by Gasteiger charge is 2.20. The Morgan fingerprint density at radius 1 is 1.00 bits per heavy atom. The standard InChI is InChI=1S/C24H19ClN2O2/c1-15-22(24(28)27-20-14-17(25)12-13-21(20)29-2)18-10-6-7-11-19(18)26-23(15)16-8-4-3-5-9-16/h3-14H,1-2H3,(H,27,28). The lowest BCUT2D eigenvalue weighted by Crippen LogP contribution is -2.16. The number of ether oxygens (including phenoxy) is 1. The topological polar surface area (TPSA) is 51.2 Å². The number of carbonyl (C=O) groups excluding carboxylic acids is 1. The van der Waals surface area contributed by atoms with Crippen LogP contribution in [0.15, 0.2) is 72.8 Å². The summed E-state index contributed by atoms with van der Waals surface area (Å²) in [5, 5.41) is 4.26. The number of halogens is 1. The summed E-state index contributed by atoms with van der Waals surface area (Å²) in [5.74, 6) is 0.306. The summed E-state index contributed by atoms with van der Waals surface area (Å²) in [6.45, 7) is 1.92. The fraction of sp³-hybridized carbons (Fsp3) is 0.0833. The van der Waals surface area contributed by atoms with Crippen LogP contribution in [0, 0.1) is 6.92 Å². The van der Waals surface area contributed by atoms with Gasteiger partial charge < -0.3 is 10.1 Å². The summed E-state index contributed by atoms with van der Waals surface area (Å²) < 4.78 is 5.36. The van der Waals surface area contributed by atoms with E-state index in [9.17, 15) is 4.79 Å². The van der Waals surface area contributed by atoms with Crippen LogP contribution >= 0.6 is 11.6 Å². The van der Waals surface area contributed by atoms with Crippen molar-refractivity contribution in [1.82, 2.24) is 4.98 Å². The van der Waals surface area contributed by atoms with E-state index in [-0.39, 0.29) is 5.91 Å². The van der Waals surface area contributed by atoms with Crippen molar-refractivity contribution in [2.24, 2.45) is 0 Å². The molecule has 29 heavy (non-hydrogen) atoms. The molecular formula is C24H19ClN2O2. The van der Waals surface area contributed by atoms with E-state index in [1.807, 2.05) is 61.5 Å². The molecule has 0 radical (unpaired) electrons. The molecule has 1 amide bonds. The molecule has 0 aliphatic carbocycles. The first kappa shape index (κ1) is 19.0. The maximum atomic E-state index is 13.4. The number of carbonyl (C=O) groups is 1. The predicted molar refractivity (Wildman–Crippen MR) is 118 cm³/mol. The second-order valence-corrected chi connectivity index (χ2v) is 7.08. The van der Waals surface area contributed by atoms with E-state index in [0.29, 0.717) is 22.0 Å². The predicted octanol–water partition coefficient (Wildman–Crippen LogP) is 6.12. The van der Waals surface area contributed by atoms with E-state index in [1.54, 1.807) is 25.3 Å². The molecule has 144 valence electrons. The second-order valence-electron chi connectivity index (χ2n) is 6.64. The lowest BCUT2D eigenvalue weighted by Gasteiger charge is -2.16. The van der Waals surface area contributed by atoms with Gasteiger partial charge in [-0.3, -0.25) is 4.79 Å². The fourth-order valence-electron chi connectivity index (χ4n) is 3.44. The lowest BCUT2D eigenvalue weighted by molar-refractivity contribution is 0.102. The van der Waals surface area contributed by atoms with Gasteiger partial charge in [0.1, 0.15) is 5.75 Å². The zero-order valence-electron chi connectivity index (χ0n) is 16.1. The number of pyridine rings is 1. The average molecular weight is 403 g/mol. The van der Waals surface area contributed by atoms with Gasteiger partial charge in [-0.05, 0) is 36.8 Å². The first-order valence-electron chi connectivity index (χ1n) is 9.18. The number of fused-ring (bicyclic) bond motifs is 1. The summed E-state index contributed by atoms with van der Waals surface area (Å²) in [7, 11) is 1.56. The van der Waals surface area contributed by atoms with Gasteiger partial charge in [0, 0.05) is 16.0 Å². The summed E-state index contributed by atoms with van der Waals surface area (Å²) in [6, 6.07) is 22.6. The third-order valence-electron chi connectivity index (χ3n) is 4.82. The van der Waals surface area contributed by atoms with Gasteiger partial charge in [-0.25, -0.2) is 4.98 Å². The zero-order valence-corrected chi connectivity index (χ0v) is 16.8. The van der Waals surface area contributed by atoms with E-state index >= 15 is 0 Å². The molecule has 4 nitrogen and oxygen atoms in total. The minimum Gasteiger partial charge on any atom is -0.495 e. The molecular weight excluding hydrogens is 384 g/mol. The summed E-state index contributed by atoms with van der Waals surface area (Å²) in [5.41, 5.74) is 4.43. The molecule has 4 rings (SSSR count). The Bertz CT molecular complexity index is 1210. The van der Waals surface area contributed by atoms with Crippen molar-refractivity contribution in [3.8, 4) is 17.0 Å². The molecule has 0 aliphatic heterocycles. The maximum Gasteiger partial charge on any atom is 0.256 e. The normalized spacial score (nSPS) is 10.7. The smallest absolute Gasteiger partial charge is 0.256 e. The van der Waals surface area contributed by atoms with Crippen LogP contribution in [0.1, 0.15) is 15.9 Å². The zero-order chi connectivity index (χ0) is 20.4. The van der Waals surface area contributed by atoms with Gasteiger partial charge in [-0.15, -0.1) is 0 Å². The first-order chi connectivity index (χ1) is 14.1. The van der Waals surface area contributed by atoms with Crippen molar-refractivity contribution >= 4 is 34.1 Å². The molecule has 0 unspecified atom stereocenters. The quantitative estimate of drug-likeness (QED) is 0.447. The van der Waals surface area contributed by atoms with Crippen molar-refractivity contribution in [2.75, 3.05) is 12.4 Å². The van der Waals surface area contributed by atoms with Gasteiger partial charge in [0.2, 0.25) is 0 Å². The number of rotatable bonds is 4. The van der Waals surface area contributed by atoms with Gasteiger partial charge in [0.05, 0.1) is 29.6 Å². The van der Waals surface area contributed by atoms with Crippen molar-refractivity contribution < 1.29 is 9.53 Å². The minimum atomic E-state index is -0.237. The highest BCUT2D eigenvalue weighted by molar-refractivity contribution is 6.31. The number of aromatic nitrogens is 1. The molecule has 0 fully saturated rings. The molecule has 4 aromatic rings. The first-order valence-corrected chi connectivity index (χ1v) is 9.56. The Balaban J connectivity index is 1.88. The van der Waals surface area contributed by atoms with Crippen molar-refractivity contribution in [1.29, 1.82) is 0 Å². The molecule has 1 N–H and O–H groups in total. The molecule has 1 heterocycles. The fourth-order valence-corrected chi connectivity index (χ4v) is 3.61. The minimum absolute atomic E-state index is 0.237. The molecule has 0 atom stereocenters. The molecule has 1 aromatic heterocycles. The Kier molecular flexibility index (Phi) is 5.19. The number of anilines is 1. The van der Waals surface area contributed by atoms with Crippen LogP contribution in [0.5, 0.6) is 5.75 Å². The third kappa shape index (κ3) is 3.67. The Morgan fingerprint density at radius 3 is 2.48 bits per heavy atom. The Hall–Kier alpha value is -3.37. The number of hydrogen-bond acceptors (Lipinski definition) is 3. The number of para-hydroxylation sites is 1. The number of methoxy groups -OCH3 is 1. The second kappa shape index (κ2) is 7.94. The Morgan fingerprint density at radius 2 is 1.72 bits per heavy atom. The van der Waals surface area contributed by atoms with Crippen LogP contribution in [-0.2, 0) is 0 Å². The van der Waals surface area contributed by atoms with Gasteiger partial charge in [-0.2, -0.15) is 0 Å². The number of nitrogens with one attached hydrogen (secondary N) is 1. The van der Waals surface area contributed by atoms with E-state index in [4.69, 9.17) is 21.3 Å². The summed E-state index contributed by atoms with van der Waals surface area (Å²) in [4.78, 5) is 18.2. The summed E-state index contributed by atoms with van der Waals surface area (Å²) in [6.07, 6.45) is 0. The van der Waals surface area contributed by atoms with E-state index < -0.39 is 0 Å². The number of hydrogen-bond donors (Lipinski definition) is 1. The Labute approximate surface area is 174 Å². The lowest BCUT2D eigenvalue weighted by atomic mass is 9.97. The number of amides is 1. The van der Waals surface area contributed by atoms with Crippen LogP contribution in [0.4, 0.5) is 5.69 Å². The summed E-state index contributed by atoms with van der Waals surface area (Å²) >= 11 is 6.12. The highest BCUT2D eigenvalue weighted by Crippen LogP contribution is 2.32. The number of benzene rings is 3. The monoisotopic (exact) mass is 402 g/mol. The van der Waals surface area contributed by atoms with Crippen LogP contribution in [0.25, 0.3) is 22.2 Å². The molecule has 0 bridgehead atoms. The molecule has 0 saturated heterocycles. The van der Waals surface area contributed by atoms with Crippen LogP contribution in [-0.4, -0.2) is 18.0 Å². The van der Waals surface area contributed by atoms with Crippen molar-refractivity contribution in [2.45, 2.75) is 6.92 Å². The largest absolute Gasteiger partial charge is 0.495 e. The van der Waals surface area contributed by atoms with Crippen molar-refractivity contribution in [3.05, 3.63) is 88.9 Å². The highest BCUT2D eigenvalue weighted by atomic mass is 35.5. The van der Waals surface area contributed by atoms with Crippen LogP contribution in [0.2, 0.25) is 5.02 Å².